The largest absolute Gasteiger partial charge is 0.347 e. The number of urea groups is 1. The van der Waals surface area contributed by atoms with Gasteiger partial charge in [0.05, 0.1) is 13.2 Å². The van der Waals surface area contributed by atoms with Crippen LogP contribution in [0.15, 0.2) is 0 Å². The number of hydrogen-bond donors (Lipinski definition) is 1. The Bertz CT molecular complexity index is 403. The Hall–Kier alpha value is -0.810. The van der Waals surface area contributed by atoms with Crippen molar-refractivity contribution in [2.24, 2.45) is 11.3 Å². The lowest BCUT2D eigenvalue weighted by molar-refractivity contribution is -0.189. The van der Waals surface area contributed by atoms with Crippen LogP contribution in [-0.2, 0) is 9.47 Å². The molecule has 0 aromatic rings. The molecule has 0 unspecified atom stereocenters. The number of nitrogens with zero attached hydrogens (tertiary/aromatic N) is 1. The lowest BCUT2D eigenvalue weighted by Crippen LogP contribution is -2.52. The van der Waals surface area contributed by atoms with Crippen LogP contribution >= 0.6 is 0 Å². The van der Waals surface area contributed by atoms with E-state index in [1.54, 1.807) is 0 Å². The number of carbonyl (C=O) groups excluding carboxylic acids is 1. The number of amides is 2. The van der Waals surface area contributed by atoms with Gasteiger partial charge in [-0.15, -0.1) is 0 Å². The highest BCUT2D eigenvalue weighted by Gasteiger charge is 2.44. The van der Waals surface area contributed by atoms with Crippen LogP contribution in [-0.4, -0.2) is 49.6 Å². The molecule has 0 radical (unpaired) electrons. The summed E-state index contributed by atoms with van der Waals surface area (Å²) in [4.78, 5) is 14.4. The first-order valence-corrected chi connectivity index (χ1v) is 8.88. The molecule has 0 bridgehead atoms. The Labute approximate surface area is 133 Å². The molecule has 0 aromatic carbocycles. The Morgan fingerprint density at radius 3 is 2.68 bits per heavy atom. The van der Waals surface area contributed by atoms with Gasteiger partial charge in [-0.2, -0.15) is 0 Å². The molecule has 3 rings (SSSR count). The zero-order valence-corrected chi connectivity index (χ0v) is 14.0. The summed E-state index contributed by atoms with van der Waals surface area (Å²) in [6, 6.07) is 0.0914. The number of ether oxygens (including phenoxy) is 2. The third-order valence-electron chi connectivity index (χ3n) is 5.66. The molecule has 2 saturated heterocycles. The van der Waals surface area contributed by atoms with E-state index in [-0.39, 0.29) is 11.9 Å². The number of nitrogens with one attached hydrogen (secondary N) is 1. The summed E-state index contributed by atoms with van der Waals surface area (Å²) in [6.07, 6.45) is 7.07. The average molecular weight is 310 g/mol. The zero-order valence-electron chi connectivity index (χ0n) is 14.0. The Balaban J connectivity index is 1.50. The zero-order chi connectivity index (χ0) is 15.6. The van der Waals surface area contributed by atoms with Gasteiger partial charge in [0.15, 0.2) is 5.79 Å². The van der Waals surface area contributed by atoms with E-state index < -0.39 is 5.79 Å². The summed E-state index contributed by atoms with van der Waals surface area (Å²) >= 11 is 0. The maximum absolute atomic E-state index is 12.5. The molecule has 1 saturated carbocycles. The van der Waals surface area contributed by atoms with Gasteiger partial charge in [-0.1, -0.05) is 13.3 Å². The molecule has 1 aliphatic carbocycles. The number of hydrogen-bond acceptors (Lipinski definition) is 3. The van der Waals surface area contributed by atoms with Crippen molar-refractivity contribution in [2.45, 2.75) is 58.2 Å². The minimum Gasteiger partial charge on any atom is -0.347 e. The minimum absolute atomic E-state index is 0.0914. The molecule has 126 valence electrons. The fourth-order valence-corrected chi connectivity index (χ4v) is 3.95. The second kappa shape index (κ2) is 6.36. The van der Waals surface area contributed by atoms with E-state index >= 15 is 0 Å². The third kappa shape index (κ3) is 3.40. The Morgan fingerprint density at radius 1 is 1.32 bits per heavy atom. The molecule has 3 aliphatic rings. The summed E-state index contributed by atoms with van der Waals surface area (Å²) in [5.74, 6) is -0.223. The monoisotopic (exact) mass is 310 g/mol. The van der Waals surface area contributed by atoms with E-state index in [9.17, 15) is 4.79 Å². The van der Waals surface area contributed by atoms with Crippen molar-refractivity contribution in [1.29, 1.82) is 0 Å². The van der Waals surface area contributed by atoms with Gasteiger partial charge in [0.2, 0.25) is 0 Å². The van der Waals surface area contributed by atoms with Crippen molar-refractivity contribution < 1.29 is 14.3 Å². The normalized spacial score (nSPS) is 29.4. The van der Waals surface area contributed by atoms with Crippen molar-refractivity contribution in [3.05, 3.63) is 0 Å². The Morgan fingerprint density at radius 2 is 2.05 bits per heavy atom. The third-order valence-corrected chi connectivity index (χ3v) is 5.66. The van der Waals surface area contributed by atoms with E-state index in [1.807, 2.05) is 11.8 Å². The van der Waals surface area contributed by atoms with Crippen LogP contribution in [0.3, 0.4) is 0 Å². The van der Waals surface area contributed by atoms with Crippen LogP contribution < -0.4 is 5.32 Å². The van der Waals surface area contributed by atoms with Crippen LogP contribution in [0.2, 0.25) is 0 Å². The van der Waals surface area contributed by atoms with Gasteiger partial charge in [0.25, 0.3) is 0 Å². The predicted octanol–water partition coefficient (Wildman–Crippen LogP) is 2.75. The topological polar surface area (TPSA) is 50.8 Å². The molecule has 0 spiro atoms. The first kappa shape index (κ1) is 16.1. The number of piperidine rings is 1. The smallest absolute Gasteiger partial charge is 0.317 e. The highest BCUT2D eigenvalue weighted by atomic mass is 16.7. The fraction of sp³-hybridized carbons (Fsp3) is 0.941. The van der Waals surface area contributed by atoms with Gasteiger partial charge >= 0.3 is 6.03 Å². The predicted molar refractivity (Wildman–Crippen MR) is 84.6 cm³/mol. The summed E-state index contributed by atoms with van der Waals surface area (Å²) in [6.45, 7) is 8.00. The van der Waals surface area contributed by atoms with E-state index in [2.05, 4.69) is 12.2 Å². The molecule has 22 heavy (non-hydrogen) atoms. The lowest BCUT2D eigenvalue weighted by atomic mass is 9.90. The SMILES string of the molecule is CCCC1(CNC(=O)N2CCC[C@@H](C3(C)OCCO3)C2)CC1. The molecule has 5 heteroatoms. The number of carbonyl (C=O) groups is 1. The second-order valence-corrected chi connectivity index (χ2v) is 7.41. The maximum atomic E-state index is 12.5. The molecular formula is C17H30N2O3. The van der Waals surface area contributed by atoms with Gasteiger partial charge in [0.1, 0.15) is 0 Å². The summed E-state index contributed by atoms with van der Waals surface area (Å²) in [5, 5.41) is 3.17. The van der Waals surface area contributed by atoms with Gasteiger partial charge < -0.3 is 19.7 Å². The molecule has 2 heterocycles. The van der Waals surface area contributed by atoms with Crippen molar-refractivity contribution >= 4 is 6.03 Å². The molecule has 1 atom stereocenters. The first-order chi connectivity index (χ1) is 10.6. The highest BCUT2D eigenvalue weighted by molar-refractivity contribution is 5.74. The molecule has 0 aromatic heterocycles. The van der Waals surface area contributed by atoms with Crippen molar-refractivity contribution in [3.63, 3.8) is 0 Å². The van der Waals surface area contributed by atoms with E-state index in [0.29, 0.717) is 18.6 Å². The van der Waals surface area contributed by atoms with Gasteiger partial charge in [-0.3, -0.25) is 0 Å². The molecule has 3 fully saturated rings. The maximum Gasteiger partial charge on any atom is 0.317 e. The minimum atomic E-state index is -0.501. The summed E-state index contributed by atoms with van der Waals surface area (Å²) in [5.41, 5.74) is 0.406. The van der Waals surface area contributed by atoms with Crippen LogP contribution in [0.1, 0.15) is 52.4 Å². The number of rotatable bonds is 5. The van der Waals surface area contributed by atoms with E-state index in [0.717, 1.165) is 32.5 Å². The van der Waals surface area contributed by atoms with Gasteiger partial charge in [-0.05, 0) is 44.4 Å². The van der Waals surface area contributed by atoms with Gasteiger partial charge in [-0.25, -0.2) is 4.79 Å². The molecular weight excluding hydrogens is 280 g/mol. The molecule has 2 amide bonds. The molecule has 1 N–H and O–H groups in total. The highest BCUT2D eigenvalue weighted by Crippen LogP contribution is 2.49. The first-order valence-electron chi connectivity index (χ1n) is 8.88. The van der Waals surface area contributed by atoms with Crippen molar-refractivity contribution in [2.75, 3.05) is 32.8 Å². The molecule has 5 nitrogen and oxygen atoms in total. The van der Waals surface area contributed by atoms with Crippen molar-refractivity contribution in [1.82, 2.24) is 10.2 Å². The van der Waals surface area contributed by atoms with Crippen LogP contribution in [0.5, 0.6) is 0 Å². The van der Waals surface area contributed by atoms with Crippen LogP contribution in [0.4, 0.5) is 4.79 Å². The summed E-state index contributed by atoms with van der Waals surface area (Å²) < 4.78 is 11.6. The molecule has 2 aliphatic heterocycles. The van der Waals surface area contributed by atoms with E-state index in [1.165, 1.54) is 25.7 Å². The average Bonchev–Trinajstić information content (AvgIpc) is 3.16. The van der Waals surface area contributed by atoms with Crippen molar-refractivity contribution in [3.8, 4) is 0 Å². The van der Waals surface area contributed by atoms with Gasteiger partial charge in [0, 0.05) is 25.6 Å². The van der Waals surface area contributed by atoms with E-state index in [4.69, 9.17) is 9.47 Å². The summed E-state index contributed by atoms with van der Waals surface area (Å²) in [7, 11) is 0. The second-order valence-electron chi connectivity index (χ2n) is 7.41. The number of likely N-dealkylation sites (tertiary alicyclic amines) is 1. The quantitative estimate of drug-likeness (QED) is 0.849. The lowest BCUT2D eigenvalue weighted by Gasteiger charge is -2.40. The Kier molecular flexibility index (Phi) is 4.64. The van der Waals surface area contributed by atoms with Crippen LogP contribution in [0.25, 0.3) is 0 Å². The standard InChI is InChI=1S/C17H30N2O3/c1-3-6-17(7-8-17)13-18-15(20)19-9-4-5-14(12-19)16(2)21-10-11-22-16/h14H,3-13H2,1-2H3,(H,18,20)/t14-/m1/s1. The van der Waals surface area contributed by atoms with Crippen LogP contribution in [0, 0.1) is 11.3 Å². The fourth-order valence-electron chi connectivity index (χ4n) is 3.95.